The molecular formula is C14H20N2O4. The van der Waals surface area contributed by atoms with E-state index in [4.69, 9.17) is 9.84 Å². The standard InChI is InChI=1S/C14H20N2O4/c1-9-5-6-11(13(17)18)7-12(9)15-14(19)16(3)10(2)8-20-4/h5-7,10H,8H2,1-4H3,(H,15,19)(H,17,18). The van der Waals surface area contributed by atoms with Crippen LogP contribution in [0.2, 0.25) is 0 Å². The minimum absolute atomic E-state index is 0.0806. The molecule has 2 N–H and O–H groups in total. The second-order valence-electron chi connectivity index (χ2n) is 4.68. The maximum Gasteiger partial charge on any atom is 0.335 e. The van der Waals surface area contributed by atoms with Crippen molar-refractivity contribution in [3.05, 3.63) is 29.3 Å². The highest BCUT2D eigenvalue weighted by Gasteiger charge is 2.16. The summed E-state index contributed by atoms with van der Waals surface area (Å²) in [7, 11) is 3.23. The first-order valence-corrected chi connectivity index (χ1v) is 6.23. The second-order valence-corrected chi connectivity index (χ2v) is 4.68. The van der Waals surface area contributed by atoms with Crippen LogP contribution < -0.4 is 5.32 Å². The number of aromatic carboxylic acids is 1. The minimum Gasteiger partial charge on any atom is -0.478 e. The van der Waals surface area contributed by atoms with Gasteiger partial charge < -0.3 is 20.1 Å². The molecule has 110 valence electrons. The van der Waals surface area contributed by atoms with Crippen molar-refractivity contribution < 1.29 is 19.4 Å². The third-order valence-electron chi connectivity index (χ3n) is 3.12. The number of hydrogen-bond donors (Lipinski definition) is 2. The van der Waals surface area contributed by atoms with E-state index in [1.54, 1.807) is 27.1 Å². The molecule has 1 aromatic carbocycles. The molecule has 6 nitrogen and oxygen atoms in total. The van der Waals surface area contributed by atoms with Crippen LogP contribution in [-0.4, -0.2) is 48.8 Å². The van der Waals surface area contributed by atoms with E-state index in [-0.39, 0.29) is 17.6 Å². The predicted octanol–water partition coefficient (Wildman–Crippen LogP) is 2.19. The zero-order valence-corrected chi connectivity index (χ0v) is 12.1. The summed E-state index contributed by atoms with van der Waals surface area (Å²) in [5, 5.41) is 11.7. The number of methoxy groups -OCH3 is 1. The van der Waals surface area contributed by atoms with Crippen molar-refractivity contribution in [1.29, 1.82) is 0 Å². The molecule has 20 heavy (non-hydrogen) atoms. The largest absolute Gasteiger partial charge is 0.478 e. The summed E-state index contributed by atoms with van der Waals surface area (Å²) in [6.07, 6.45) is 0. The molecule has 0 saturated heterocycles. The first kappa shape index (κ1) is 16.0. The van der Waals surface area contributed by atoms with Crippen molar-refractivity contribution in [2.75, 3.05) is 26.1 Å². The van der Waals surface area contributed by atoms with Gasteiger partial charge in [0.05, 0.1) is 18.2 Å². The predicted molar refractivity (Wildman–Crippen MR) is 76.3 cm³/mol. The van der Waals surface area contributed by atoms with Crippen LogP contribution in [0.4, 0.5) is 10.5 Å². The number of benzene rings is 1. The van der Waals surface area contributed by atoms with E-state index >= 15 is 0 Å². The molecule has 0 aliphatic heterocycles. The zero-order valence-electron chi connectivity index (χ0n) is 12.1. The van der Waals surface area contributed by atoms with E-state index in [2.05, 4.69) is 5.32 Å². The van der Waals surface area contributed by atoms with Gasteiger partial charge in [0.15, 0.2) is 0 Å². The number of urea groups is 1. The van der Waals surface area contributed by atoms with Gasteiger partial charge in [0.1, 0.15) is 0 Å². The van der Waals surface area contributed by atoms with Crippen molar-refractivity contribution in [3.8, 4) is 0 Å². The van der Waals surface area contributed by atoms with E-state index in [1.807, 2.05) is 6.92 Å². The summed E-state index contributed by atoms with van der Waals surface area (Å²) >= 11 is 0. The van der Waals surface area contributed by atoms with Gasteiger partial charge in [-0.2, -0.15) is 0 Å². The summed E-state index contributed by atoms with van der Waals surface area (Å²) in [5.74, 6) is -1.03. The molecule has 0 saturated carbocycles. The smallest absolute Gasteiger partial charge is 0.335 e. The summed E-state index contributed by atoms with van der Waals surface area (Å²) in [4.78, 5) is 24.5. The number of likely N-dealkylation sites (N-methyl/N-ethyl adjacent to an activating group) is 1. The highest BCUT2D eigenvalue weighted by molar-refractivity contribution is 5.94. The number of nitrogens with zero attached hydrogens (tertiary/aromatic N) is 1. The monoisotopic (exact) mass is 280 g/mol. The number of amides is 2. The third-order valence-corrected chi connectivity index (χ3v) is 3.12. The van der Waals surface area contributed by atoms with Crippen LogP contribution in [-0.2, 0) is 4.74 Å². The first-order valence-electron chi connectivity index (χ1n) is 6.23. The molecule has 0 aliphatic rings. The van der Waals surface area contributed by atoms with Crippen LogP contribution in [0.25, 0.3) is 0 Å². The number of ether oxygens (including phenoxy) is 1. The van der Waals surface area contributed by atoms with Crippen LogP contribution in [0.1, 0.15) is 22.8 Å². The van der Waals surface area contributed by atoms with Crippen molar-refractivity contribution in [2.24, 2.45) is 0 Å². The number of nitrogens with one attached hydrogen (secondary N) is 1. The average Bonchev–Trinajstić information content (AvgIpc) is 2.40. The van der Waals surface area contributed by atoms with Gasteiger partial charge in [-0.1, -0.05) is 6.07 Å². The van der Waals surface area contributed by atoms with Crippen LogP contribution in [0, 0.1) is 6.92 Å². The summed E-state index contributed by atoms with van der Waals surface area (Å²) < 4.78 is 5.00. The zero-order chi connectivity index (χ0) is 15.3. The second kappa shape index (κ2) is 6.91. The van der Waals surface area contributed by atoms with Gasteiger partial charge in [-0.05, 0) is 31.5 Å². The number of anilines is 1. The van der Waals surface area contributed by atoms with Crippen LogP contribution in [0.5, 0.6) is 0 Å². The Bertz CT molecular complexity index is 502. The molecule has 0 fully saturated rings. The number of carbonyl (C=O) groups excluding carboxylic acids is 1. The lowest BCUT2D eigenvalue weighted by Gasteiger charge is -2.25. The maximum atomic E-state index is 12.1. The molecule has 2 amide bonds. The van der Waals surface area contributed by atoms with Gasteiger partial charge >= 0.3 is 12.0 Å². The van der Waals surface area contributed by atoms with Crippen LogP contribution in [0.15, 0.2) is 18.2 Å². The number of carbonyl (C=O) groups is 2. The van der Waals surface area contributed by atoms with Crippen molar-refractivity contribution >= 4 is 17.7 Å². The fraction of sp³-hybridized carbons (Fsp3) is 0.429. The fourth-order valence-electron chi connectivity index (χ4n) is 1.65. The van der Waals surface area contributed by atoms with Crippen LogP contribution in [0.3, 0.4) is 0 Å². The Balaban J connectivity index is 2.84. The first-order chi connectivity index (χ1) is 9.36. The Morgan fingerprint density at radius 1 is 1.45 bits per heavy atom. The molecule has 1 rings (SSSR count). The molecule has 0 spiro atoms. The number of aryl methyl sites for hydroxylation is 1. The fourth-order valence-corrected chi connectivity index (χ4v) is 1.65. The maximum absolute atomic E-state index is 12.1. The summed E-state index contributed by atoms with van der Waals surface area (Å²) in [6.45, 7) is 4.10. The molecular weight excluding hydrogens is 260 g/mol. The SMILES string of the molecule is COCC(C)N(C)C(=O)Nc1cc(C(=O)O)ccc1C. The Hall–Kier alpha value is -2.08. The molecule has 1 atom stereocenters. The normalized spacial score (nSPS) is 11.8. The van der Waals surface area contributed by atoms with E-state index < -0.39 is 5.97 Å². The van der Waals surface area contributed by atoms with Gasteiger partial charge in [-0.15, -0.1) is 0 Å². The van der Waals surface area contributed by atoms with E-state index in [1.165, 1.54) is 17.0 Å². The number of carboxylic acids is 1. The lowest BCUT2D eigenvalue weighted by Crippen LogP contribution is -2.40. The summed E-state index contributed by atoms with van der Waals surface area (Å²) in [6, 6.07) is 4.23. The summed E-state index contributed by atoms with van der Waals surface area (Å²) in [5.41, 5.74) is 1.43. The molecule has 0 aromatic heterocycles. The number of rotatable bonds is 5. The molecule has 0 bridgehead atoms. The Kier molecular flexibility index (Phi) is 5.52. The Labute approximate surface area is 118 Å². The van der Waals surface area contributed by atoms with Crippen LogP contribution >= 0.6 is 0 Å². The molecule has 1 unspecified atom stereocenters. The minimum atomic E-state index is -1.03. The topological polar surface area (TPSA) is 78.9 Å². The number of hydrogen-bond acceptors (Lipinski definition) is 3. The van der Waals surface area contributed by atoms with Gasteiger partial charge in [-0.3, -0.25) is 0 Å². The van der Waals surface area contributed by atoms with Gasteiger partial charge in [0.25, 0.3) is 0 Å². The molecule has 0 heterocycles. The lowest BCUT2D eigenvalue weighted by molar-refractivity contribution is 0.0697. The highest BCUT2D eigenvalue weighted by atomic mass is 16.5. The molecule has 0 radical (unpaired) electrons. The van der Waals surface area contributed by atoms with Crippen molar-refractivity contribution in [1.82, 2.24) is 4.90 Å². The quantitative estimate of drug-likeness (QED) is 0.866. The van der Waals surface area contributed by atoms with Crippen molar-refractivity contribution in [2.45, 2.75) is 19.9 Å². The van der Waals surface area contributed by atoms with E-state index in [9.17, 15) is 9.59 Å². The highest BCUT2D eigenvalue weighted by Crippen LogP contribution is 2.17. The molecule has 1 aromatic rings. The van der Waals surface area contributed by atoms with E-state index in [0.717, 1.165) is 5.56 Å². The van der Waals surface area contributed by atoms with Gasteiger partial charge in [-0.25, -0.2) is 9.59 Å². The Morgan fingerprint density at radius 3 is 2.65 bits per heavy atom. The van der Waals surface area contributed by atoms with Gasteiger partial charge in [0.2, 0.25) is 0 Å². The van der Waals surface area contributed by atoms with Gasteiger partial charge in [0, 0.05) is 19.8 Å². The number of carboxylic acid groups (broad SMARTS) is 1. The third kappa shape index (κ3) is 3.96. The lowest BCUT2D eigenvalue weighted by atomic mass is 10.1. The van der Waals surface area contributed by atoms with Crippen molar-refractivity contribution in [3.63, 3.8) is 0 Å². The molecule has 0 aliphatic carbocycles. The average molecular weight is 280 g/mol. The van der Waals surface area contributed by atoms with E-state index in [0.29, 0.717) is 12.3 Å². The Morgan fingerprint density at radius 2 is 2.10 bits per heavy atom. The molecule has 6 heteroatoms.